The van der Waals surface area contributed by atoms with Crippen LogP contribution in [-0.4, -0.2) is 37.4 Å². The lowest BCUT2D eigenvalue weighted by atomic mass is 10.1. The van der Waals surface area contributed by atoms with Gasteiger partial charge in [-0.05, 0) is 37.3 Å². The van der Waals surface area contributed by atoms with E-state index in [0.717, 1.165) is 28.7 Å². The third kappa shape index (κ3) is 3.51. The number of aryl methyl sites for hydroxylation is 1. The summed E-state index contributed by atoms with van der Waals surface area (Å²) in [5, 5.41) is 17.4. The number of rotatable bonds is 5. The van der Waals surface area contributed by atoms with Crippen molar-refractivity contribution in [1.82, 2.24) is 30.3 Å². The second-order valence-electron chi connectivity index (χ2n) is 6.35. The maximum absolute atomic E-state index is 14.6. The Morgan fingerprint density at radius 3 is 2.83 bits per heavy atom. The Balaban J connectivity index is 1.65. The SMILES string of the molecule is CCNC(=O)c1cc(F)c(-c2nc(Nc3ccc4[nH]ncc4c3)n(C)n2)cc1F. The number of benzene rings is 2. The summed E-state index contributed by atoms with van der Waals surface area (Å²) in [5.41, 5.74) is 1.12. The van der Waals surface area contributed by atoms with E-state index in [9.17, 15) is 13.6 Å². The average molecular weight is 397 g/mol. The average Bonchev–Trinajstić information content (AvgIpc) is 3.30. The number of carbonyl (C=O) groups excluding carboxylic acids is 1. The van der Waals surface area contributed by atoms with Crippen LogP contribution in [0.1, 0.15) is 17.3 Å². The Kier molecular flexibility index (Phi) is 4.67. The Hall–Kier alpha value is -3.82. The van der Waals surface area contributed by atoms with Gasteiger partial charge in [-0.25, -0.2) is 13.5 Å². The number of H-pyrrole nitrogens is 1. The summed E-state index contributed by atoms with van der Waals surface area (Å²) in [6.07, 6.45) is 1.69. The summed E-state index contributed by atoms with van der Waals surface area (Å²) in [6.45, 7) is 2.00. The zero-order chi connectivity index (χ0) is 20.5. The van der Waals surface area contributed by atoms with Crippen molar-refractivity contribution in [1.29, 1.82) is 0 Å². The summed E-state index contributed by atoms with van der Waals surface area (Å²) in [5.74, 6) is -1.97. The van der Waals surface area contributed by atoms with E-state index in [1.54, 1.807) is 20.2 Å². The number of hydrogen-bond donors (Lipinski definition) is 3. The number of amides is 1. The summed E-state index contributed by atoms with van der Waals surface area (Å²) < 4.78 is 30.3. The van der Waals surface area contributed by atoms with Gasteiger partial charge in [0.2, 0.25) is 5.95 Å². The molecule has 0 saturated heterocycles. The van der Waals surface area contributed by atoms with E-state index in [2.05, 4.69) is 30.9 Å². The minimum absolute atomic E-state index is 0.00163. The van der Waals surface area contributed by atoms with E-state index in [1.165, 1.54) is 4.68 Å². The smallest absolute Gasteiger partial charge is 0.254 e. The lowest BCUT2D eigenvalue weighted by Gasteiger charge is -2.06. The van der Waals surface area contributed by atoms with Crippen LogP contribution >= 0.6 is 0 Å². The summed E-state index contributed by atoms with van der Waals surface area (Å²) >= 11 is 0. The minimum atomic E-state index is -0.847. The van der Waals surface area contributed by atoms with Crippen LogP contribution in [0.2, 0.25) is 0 Å². The Labute approximate surface area is 164 Å². The molecule has 4 rings (SSSR count). The van der Waals surface area contributed by atoms with Gasteiger partial charge in [0.05, 0.1) is 22.8 Å². The molecule has 2 aromatic heterocycles. The lowest BCUT2D eigenvalue weighted by Crippen LogP contribution is -2.24. The van der Waals surface area contributed by atoms with Crippen LogP contribution < -0.4 is 10.6 Å². The van der Waals surface area contributed by atoms with Crippen molar-refractivity contribution in [3.05, 3.63) is 53.7 Å². The van der Waals surface area contributed by atoms with Gasteiger partial charge in [0.1, 0.15) is 11.6 Å². The van der Waals surface area contributed by atoms with Crippen molar-refractivity contribution in [3.8, 4) is 11.4 Å². The summed E-state index contributed by atoms with van der Waals surface area (Å²) in [7, 11) is 1.63. The van der Waals surface area contributed by atoms with E-state index in [1.807, 2.05) is 18.2 Å². The first-order valence-electron chi connectivity index (χ1n) is 8.85. The quantitative estimate of drug-likeness (QED) is 0.480. The molecular formula is C19H17F2N7O. The highest BCUT2D eigenvalue weighted by Gasteiger charge is 2.20. The molecule has 10 heteroatoms. The van der Waals surface area contributed by atoms with Crippen LogP contribution in [0.5, 0.6) is 0 Å². The fraction of sp³-hybridized carbons (Fsp3) is 0.158. The highest BCUT2D eigenvalue weighted by atomic mass is 19.1. The first-order chi connectivity index (χ1) is 14.0. The minimum Gasteiger partial charge on any atom is -0.352 e. The standard InChI is InChI=1S/C19H17F2N7O/c1-3-22-18(29)13-8-14(20)12(7-15(13)21)17-25-19(28(2)27-17)24-11-4-5-16-10(6-11)9-23-26-16/h4-9H,3H2,1-2H3,(H,22,29)(H,23,26)(H,24,25,27). The second kappa shape index (κ2) is 7.30. The molecule has 4 aromatic rings. The maximum atomic E-state index is 14.6. The zero-order valence-corrected chi connectivity index (χ0v) is 15.6. The van der Waals surface area contributed by atoms with Crippen molar-refractivity contribution in [2.24, 2.45) is 7.05 Å². The molecule has 0 aliphatic carbocycles. The van der Waals surface area contributed by atoms with Crippen LogP contribution in [0.3, 0.4) is 0 Å². The largest absolute Gasteiger partial charge is 0.352 e. The van der Waals surface area contributed by atoms with Gasteiger partial charge in [-0.3, -0.25) is 9.89 Å². The molecule has 2 heterocycles. The van der Waals surface area contributed by atoms with Crippen molar-refractivity contribution >= 4 is 28.4 Å². The normalized spacial score (nSPS) is 11.0. The van der Waals surface area contributed by atoms with Crippen molar-refractivity contribution in [2.45, 2.75) is 6.92 Å². The molecular weight excluding hydrogens is 380 g/mol. The predicted molar refractivity (Wildman–Crippen MR) is 104 cm³/mol. The van der Waals surface area contributed by atoms with Gasteiger partial charge in [0.25, 0.3) is 5.91 Å². The first kappa shape index (κ1) is 18.5. The van der Waals surface area contributed by atoms with E-state index >= 15 is 0 Å². The number of hydrogen-bond acceptors (Lipinski definition) is 5. The molecule has 8 nitrogen and oxygen atoms in total. The van der Waals surface area contributed by atoms with Gasteiger partial charge in [0, 0.05) is 24.7 Å². The fourth-order valence-corrected chi connectivity index (χ4v) is 2.90. The van der Waals surface area contributed by atoms with Crippen LogP contribution in [0.25, 0.3) is 22.3 Å². The number of anilines is 2. The molecule has 0 spiro atoms. The maximum Gasteiger partial charge on any atom is 0.254 e. The third-order valence-electron chi connectivity index (χ3n) is 4.34. The number of nitrogens with zero attached hydrogens (tertiary/aromatic N) is 4. The molecule has 3 N–H and O–H groups in total. The first-order valence-corrected chi connectivity index (χ1v) is 8.85. The molecule has 0 saturated carbocycles. The number of halogens is 2. The highest BCUT2D eigenvalue weighted by Crippen LogP contribution is 2.26. The van der Waals surface area contributed by atoms with E-state index in [-0.39, 0.29) is 17.0 Å². The topological polar surface area (TPSA) is 101 Å². The predicted octanol–water partition coefficient (Wildman–Crippen LogP) is 3.13. The van der Waals surface area contributed by atoms with E-state index < -0.39 is 17.5 Å². The van der Waals surface area contributed by atoms with E-state index in [0.29, 0.717) is 12.5 Å². The molecule has 29 heavy (non-hydrogen) atoms. The lowest BCUT2D eigenvalue weighted by molar-refractivity contribution is 0.0951. The van der Waals surface area contributed by atoms with Gasteiger partial charge in [-0.2, -0.15) is 10.1 Å². The molecule has 0 bridgehead atoms. The molecule has 0 atom stereocenters. The van der Waals surface area contributed by atoms with Crippen molar-refractivity contribution in [2.75, 3.05) is 11.9 Å². The second-order valence-corrected chi connectivity index (χ2v) is 6.35. The monoisotopic (exact) mass is 397 g/mol. The van der Waals surface area contributed by atoms with E-state index in [4.69, 9.17) is 0 Å². The zero-order valence-electron chi connectivity index (χ0n) is 15.6. The van der Waals surface area contributed by atoms with Crippen molar-refractivity contribution < 1.29 is 13.6 Å². The molecule has 0 aliphatic rings. The third-order valence-corrected chi connectivity index (χ3v) is 4.34. The number of fused-ring (bicyclic) bond motifs is 1. The molecule has 2 aromatic carbocycles. The van der Waals surface area contributed by atoms with Crippen LogP contribution in [0, 0.1) is 11.6 Å². The molecule has 0 radical (unpaired) electrons. The molecule has 1 amide bonds. The molecule has 0 aliphatic heterocycles. The highest BCUT2D eigenvalue weighted by molar-refractivity contribution is 5.95. The summed E-state index contributed by atoms with van der Waals surface area (Å²) in [6, 6.07) is 7.34. The summed E-state index contributed by atoms with van der Waals surface area (Å²) in [4.78, 5) is 16.1. The fourth-order valence-electron chi connectivity index (χ4n) is 2.90. The van der Waals surface area contributed by atoms with Crippen LogP contribution in [0.15, 0.2) is 36.5 Å². The number of aromatic nitrogens is 5. The Morgan fingerprint density at radius 2 is 2.03 bits per heavy atom. The molecule has 148 valence electrons. The number of nitrogens with one attached hydrogen (secondary N) is 3. The van der Waals surface area contributed by atoms with Crippen LogP contribution in [0.4, 0.5) is 20.4 Å². The van der Waals surface area contributed by atoms with Gasteiger partial charge < -0.3 is 10.6 Å². The molecule has 0 unspecified atom stereocenters. The van der Waals surface area contributed by atoms with Gasteiger partial charge in [0.15, 0.2) is 5.82 Å². The van der Waals surface area contributed by atoms with Crippen molar-refractivity contribution in [3.63, 3.8) is 0 Å². The van der Waals surface area contributed by atoms with Gasteiger partial charge >= 0.3 is 0 Å². The number of aromatic amines is 1. The van der Waals surface area contributed by atoms with Crippen LogP contribution in [-0.2, 0) is 7.05 Å². The Morgan fingerprint density at radius 1 is 1.21 bits per heavy atom. The Bertz CT molecular complexity index is 1210. The van der Waals surface area contributed by atoms with Gasteiger partial charge in [-0.15, -0.1) is 5.10 Å². The van der Waals surface area contributed by atoms with Gasteiger partial charge in [-0.1, -0.05) is 0 Å². The number of carbonyl (C=O) groups is 1. The molecule has 0 fully saturated rings.